The number of nitrogens with one attached hydrogen (secondary N) is 1. The van der Waals surface area contributed by atoms with Crippen LogP contribution in [0.2, 0.25) is 0 Å². The SMILES string of the molecule is CC(C)N(CCCCN1CCCCC1C=O)C(C)Cc1ccc2[nH]ccc2c1. The number of aromatic nitrogens is 1. The van der Waals surface area contributed by atoms with Crippen LogP contribution >= 0.6 is 0 Å². The highest BCUT2D eigenvalue weighted by molar-refractivity contribution is 5.79. The number of piperidine rings is 1. The third kappa shape index (κ3) is 5.45. The van der Waals surface area contributed by atoms with Crippen molar-refractivity contribution in [1.29, 1.82) is 0 Å². The van der Waals surface area contributed by atoms with E-state index in [1.165, 1.54) is 42.1 Å². The van der Waals surface area contributed by atoms with Crippen molar-refractivity contribution < 1.29 is 4.79 Å². The van der Waals surface area contributed by atoms with Crippen LogP contribution in [0.4, 0.5) is 0 Å². The van der Waals surface area contributed by atoms with E-state index in [0.29, 0.717) is 12.1 Å². The zero-order valence-electron chi connectivity index (χ0n) is 17.9. The predicted octanol–water partition coefficient (Wildman–Crippen LogP) is 4.64. The molecule has 2 unspecified atom stereocenters. The highest BCUT2D eigenvalue weighted by Crippen LogP contribution is 2.19. The van der Waals surface area contributed by atoms with Gasteiger partial charge in [-0.2, -0.15) is 0 Å². The van der Waals surface area contributed by atoms with Gasteiger partial charge in [0.15, 0.2) is 0 Å². The van der Waals surface area contributed by atoms with E-state index in [2.05, 4.69) is 59.8 Å². The predicted molar refractivity (Wildman–Crippen MR) is 118 cm³/mol. The molecule has 2 heterocycles. The van der Waals surface area contributed by atoms with Crippen LogP contribution in [0.3, 0.4) is 0 Å². The van der Waals surface area contributed by atoms with Gasteiger partial charge in [-0.05, 0) is 102 Å². The lowest BCUT2D eigenvalue weighted by atomic mass is 10.0. The molecule has 2 atom stereocenters. The number of H-pyrrole nitrogens is 1. The number of benzene rings is 1. The quantitative estimate of drug-likeness (QED) is 0.480. The Morgan fingerprint density at radius 2 is 2.07 bits per heavy atom. The summed E-state index contributed by atoms with van der Waals surface area (Å²) in [6.07, 6.45) is 10.1. The molecule has 0 bridgehead atoms. The van der Waals surface area contributed by atoms with E-state index in [4.69, 9.17) is 0 Å². The highest BCUT2D eigenvalue weighted by atomic mass is 16.1. The van der Waals surface area contributed by atoms with E-state index in [9.17, 15) is 4.79 Å². The van der Waals surface area contributed by atoms with Gasteiger partial charge in [-0.15, -0.1) is 0 Å². The molecule has 0 aliphatic carbocycles. The van der Waals surface area contributed by atoms with Crippen LogP contribution in [-0.2, 0) is 11.2 Å². The van der Waals surface area contributed by atoms with Crippen molar-refractivity contribution in [3.63, 3.8) is 0 Å². The number of unbranched alkanes of at least 4 members (excludes halogenated alkanes) is 1. The maximum absolute atomic E-state index is 11.3. The maximum Gasteiger partial charge on any atom is 0.137 e. The molecule has 28 heavy (non-hydrogen) atoms. The molecule has 3 rings (SSSR count). The number of hydrogen-bond acceptors (Lipinski definition) is 3. The number of likely N-dealkylation sites (tertiary alicyclic amines) is 1. The zero-order valence-corrected chi connectivity index (χ0v) is 17.9. The molecule has 1 saturated heterocycles. The molecular formula is C24H37N3O. The Labute approximate surface area is 170 Å². The first-order chi connectivity index (χ1) is 13.6. The average molecular weight is 384 g/mol. The summed E-state index contributed by atoms with van der Waals surface area (Å²) in [5, 5.41) is 1.30. The second-order valence-corrected chi connectivity index (χ2v) is 8.73. The van der Waals surface area contributed by atoms with Gasteiger partial charge in [0.2, 0.25) is 0 Å². The number of fused-ring (bicyclic) bond motifs is 1. The van der Waals surface area contributed by atoms with Crippen molar-refractivity contribution in [3.8, 4) is 0 Å². The Balaban J connectivity index is 1.48. The smallest absolute Gasteiger partial charge is 0.137 e. The number of rotatable bonds is 10. The van der Waals surface area contributed by atoms with Gasteiger partial charge in [0, 0.05) is 23.8 Å². The monoisotopic (exact) mass is 383 g/mol. The van der Waals surface area contributed by atoms with Gasteiger partial charge in [-0.25, -0.2) is 0 Å². The maximum atomic E-state index is 11.3. The van der Waals surface area contributed by atoms with Gasteiger partial charge in [0.1, 0.15) is 6.29 Å². The molecule has 0 radical (unpaired) electrons. The van der Waals surface area contributed by atoms with Crippen molar-refractivity contribution in [2.45, 2.75) is 77.4 Å². The van der Waals surface area contributed by atoms with Crippen molar-refractivity contribution in [2.75, 3.05) is 19.6 Å². The number of aromatic amines is 1. The largest absolute Gasteiger partial charge is 0.361 e. The van der Waals surface area contributed by atoms with Crippen LogP contribution in [0.15, 0.2) is 30.5 Å². The summed E-state index contributed by atoms with van der Waals surface area (Å²) in [6, 6.07) is 10.1. The van der Waals surface area contributed by atoms with Crippen LogP contribution in [0.25, 0.3) is 10.9 Å². The van der Waals surface area contributed by atoms with E-state index in [-0.39, 0.29) is 6.04 Å². The van der Waals surface area contributed by atoms with Crippen molar-refractivity contribution >= 4 is 17.2 Å². The van der Waals surface area contributed by atoms with Crippen molar-refractivity contribution in [3.05, 3.63) is 36.0 Å². The standard InChI is InChI=1S/C24H37N3O/c1-19(2)27(15-7-6-14-26-13-5-4-8-23(26)18-28)20(3)16-21-9-10-24-22(17-21)11-12-25-24/h9-12,17-20,23,25H,4-8,13-16H2,1-3H3. The average Bonchev–Trinajstić information content (AvgIpc) is 3.15. The molecule has 0 spiro atoms. The molecule has 4 nitrogen and oxygen atoms in total. The number of nitrogens with zero attached hydrogens (tertiary/aromatic N) is 2. The summed E-state index contributed by atoms with van der Waals surface area (Å²) in [7, 11) is 0. The van der Waals surface area contributed by atoms with Crippen LogP contribution in [0, 0.1) is 0 Å². The van der Waals surface area contributed by atoms with Crippen molar-refractivity contribution in [1.82, 2.24) is 14.8 Å². The van der Waals surface area contributed by atoms with E-state index in [1.54, 1.807) is 0 Å². The van der Waals surface area contributed by atoms with Gasteiger partial charge in [-0.1, -0.05) is 12.5 Å². The Hall–Kier alpha value is -1.65. The molecule has 0 amide bonds. The zero-order chi connectivity index (χ0) is 19.9. The highest BCUT2D eigenvalue weighted by Gasteiger charge is 2.22. The summed E-state index contributed by atoms with van der Waals surface area (Å²) in [6.45, 7) is 10.3. The lowest BCUT2D eigenvalue weighted by Gasteiger charge is -2.34. The first-order valence-electron chi connectivity index (χ1n) is 11.1. The molecule has 1 aromatic carbocycles. The van der Waals surface area contributed by atoms with Gasteiger partial charge in [0.05, 0.1) is 6.04 Å². The summed E-state index contributed by atoms with van der Waals surface area (Å²) >= 11 is 0. The van der Waals surface area contributed by atoms with E-state index in [1.807, 2.05) is 6.20 Å². The van der Waals surface area contributed by atoms with Gasteiger partial charge in [-0.3, -0.25) is 9.80 Å². The lowest BCUT2D eigenvalue weighted by Crippen LogP contribution is -2.42. The minimum Gasteiger partial charge on any atom is -0.361 e. The molecule has 1 N–H and O–H groups in total. The minimum absolute atomic E-state index is 0.164. The first kappa shape index (κ1) is 21.1. The van der Waals surface area contributed by atoms with Gasteiger partial charge >= 0.3 is 0 Å². The van der Waals surface area contributed by atoms with E-state index in [0.717, 1.165) is 38.8 Å². The first-order valence-corrected chi connectivity index (χ1v) is 11.1. The van der Waals surface area contributed by atoms with E-state index < -0.39 is 0 Å². The summed E-state index contributed by atoms with van der Waals surface area (Å²) in [5.74, 6) is 0. The molecule has 1 aromatic heterocycles. The summed E-state index contributed by atoms with van der Waals surface area (Å²) in [4.78, 5) is 19.6. The minimum atomic E-state index is 0.164. The number of aldehydes is 1. The fraction of sp³-hybridized carbons (Fsp3) is 0.625. The Morgan fingerprint density at radius 1 is 1.21 bits per heavy atom. The Bertz CT molecular complexity index is 738. The Kier molecular flexibility index (Phi) is 7.69. The topological polar surface area (TPSA) is 39.3 Å². The normalized spacial score (nSPS) is 19.5. The number of carbonyl (C=O) groups is 1. The fourth-order valence-corrected chi connectivity index (χ4v) is 4.73. The molecule has 1 aliphatic heterocycles. The molecule has 1 aliphatic rings. The second-order valence-electron chi connectivity index (χ2n) is 8.73. The van der Waals surface area contributed by atoms with E-state index >= 15 is 0 Å². The molecule has 154 valence electrons. The van der Waals surface area contributed by atoms with Gasteiger partial charge < -0.3 is 9.78 Å². The summed E-state index contributed by atoms with van der Waals surface area (Å²) < 4.78 is 0. The lowest BCUT2D eigenvalue weighted by molar-refractivity contribution is -0.113. The second kappa shape index (κ2) is 10.2. The Morgan fingerprint density at radius 3 is 2.86 bits per heavy atom. The summed E-state index contributed by atoms with van der Waals surface area (Å²) in [5.41, 5.74) is 2.62. The molecule has 4 heteroatoms. The molecular weight excluding hydrogens is 346 g/mol. The third-order valence-corrected chi connectivity index (χ3v) is 6.31. The molecule has 0 saturated carbocycles. The molecule has 2 aromatic rings. The number of hydrogen-bond donors (Lipinski definition) is 1. The van der Waals surface area contributed by atoms with Crippen LogP contribution in [0.5, 0.6) is 0 Å². The molecule has 1 fully saturated rings. The fourth-order valence-electron chi connectivity index (χ4n) is 4.73. The van der Waals surface area contributed by atoms with Gasteiger partial charge in [0.25, 0.3) is 0 Å². The van der Waals surface area contributed by atoms with Crippen LogP contribution in [-0.4, -0.2) is 58.8 Å². The number of carbonyl (C=O) groups excluding carboxylic acids is 1. The third-order valence-electron chi connectivity index (χ3n) is 6.31. The van der Waals surface area contributed by atoms with Crippen LogP contribution < -0.4 is 0 Å². The van der Waals surface area contributed by atoms with Crippen LogP contribution in [0.1, 0.15) is 58.4 Å². The van der Waals surface area contributed by atoms with Crippen molar-refractivity contribution in [2.24, 2.45) is 0 Å².